The Morgan fingerprint density at radius 2 is 2.20 bits per heavy atom. The van der Waals surface area contributed by atoms with E-state index in [2.05, 4.69) is 12.1 Å². The van der Waals surface area contributed by atoms with Crippen molar-refractivity contribution in [3.8, 4) is 17.2 Å². The zero-order valence-electron chi connectivity index (χ0n) is 18.0. The van der Waals surface area contributed by atoms with Crippen molar-refractivity contribution in [1.82, 2.24) is 9.78 Å². The first-order chi connectivity index (χ1) is 14.3. The second kappa shape index (κ2) is 7.68. The highest BCUT2D eigenvalue weighted by atomic mass is 16.7. The number of ether oxygens (including phenoxy) is 3. The molecule has 2 atom stereocenters. The number of hydrogen-bond donors (Lipinski definition) is 2. The summed E-state index contributed by atoms with van der Waals surface area (Å²) in [7, 11) is 5.50. The molecule has 4 rings (SSSR count). The van der Waals surface area contributed by atoms with Gasteiger partial charge in [0, 0.05) is 25.2 Å². The van der Waals surface area contributed by atoms with E-state index < -0.39 is 0 Å². The molecule has 0 radical (unpaired) electrons. The van der Waals surface area contributed by atoms with Gasteiger partial charge in [-0.05, 0) is 25.5 Å². The summed E-state index contributed by atoms with van der Waals surface area (Å²) in [5.41, 5.74) is 4.22. The summed E-state index contributed by atoms with van der Waals surface area (Å²) in [6.07, 6.45) is 2.43. The third kappa shape index (κ3) is 3.31. The lowest BCUT2D eigenvalue weighted by Gasteiger charge is -2.32. The number of nitrogens with zero attached hydrogens (tertiary/aromatic N) is 2. The van der Waals surface area contributed by atoms with Crippen LogP contribution in [0.3, 0.4) is 0 Å². The highest BCUT2D eigenvalue weighted by Crippen LogP contribution is 2.47. The molecule has 0 aliphatic carbocycles. The number of hydrogen-bond acceptors (Lipinski definition) is 6. The van der Waals surface area contributed by atoms with Crippen molar-refractivity contribution in [3.63, 3.8) is 0 Å². The van der Waals surface area contributed by atoms with E-state index in [1.807, 2.05) is 27.0 Å². The Labute approximate surface area is 175 Å². The van der Waals surface area contributed by atoms with Crippen molar-refractivity contribution < 1.29 is 29.0 Å². The zero-order valence-corrected chi connectivity index (χ0v) is 18.0. The number of methoxy groups -OCH3 is 1. The molecule has 1 aromatic heterocycles. The van der Waals surface area contributed by atoms with Crippen LogP contribution in [0, 0.1) is 13.8 Å². The van der Waals surface area contributed by atoms with E-state index >= 15 is 0 Å². The molecule has 8 nitrogen and oxygen atoms in total. The van der Waals surface area contributed by atoms with E-state index in [1.54, 1.807) is 11.8 Å². The van der Waals surface area contributed by atoms with Gasteiger partial charge in [0.1, 0.15) is 11.8 Å². The molecule has 8 heteroatoms. The molecule has 1 unspecified atom stereocenters. The number of aryl methyl sites for hydroxylation is 2. The van der Waals surface area contributed by atoms with Crippen LogP contribution < -0.4 is 19.1 Å². The lowest BCUT2D eigenvalue weighted by atomic mass is 9.88. The van der Waals surface area contributed by atoms with Crippen LogP contribution in [0.2, 0.25) is 0 Å². The number of allylic oxidation sites excluding steroid dienone is 1. The van der Waals surface area contributed by atoms with Crippen molar-refractivity contribution in [2.45, 2.75) is 32.7 Å². The van der Waals surface area contributed by atoms with Crippen LogP contribution in [-0.4, -0.2) is 48.2 Å². The average Bonchev–Trinajstić information content (AvgIpc) is 3.26. The average molecular weight is 414 g/mol. The number of aromatic nitrogens is 2. The molecule has 2 aliphatic heterocycles. The van der Waals surface area contributed by atoms with Crippen LogP contribution in [0.1, 0.15) is 40.5 Å². The third-order valence-corrected chi connectivity index (χ3v) is 6.15. The number of quaternary nitrogens is 1. The molecule has 0 amide bonds. The summed E-state index contributed by atoms with van der Waals surface area (Å²) in [6, 6.07) is 1.89. The van der Waals surface area contributed by atoms with Crippen LogP contribution in [-0.2, 0) is 18.3 Å². The van der Waals surface area contributed by atoms with Gasteiger partial charge in [-0.1, -0.05) is 0 Å². The Hall–Kier alpha value is -3.00. The minimum atomic E-state index is -0.146. The van der Waals surface area contributed by atoms with Crippen molar-refractivity contribution in [3.05, 3.63) is 40.2 Å². The SMILES string of the molecule is COc1c2c(cc3c1[C@@H](CC(=O)/C=C(\O)c1c(C)nn(C)c1C)[NH+](C)CC3)OCO2. The van der Waals surface area contributed by atoms with Crippen molar-refractivity contribution in [1.29, 1.82) is 0 Å². The summed E-state index contributed by atoms with van der Waals surface area (Å²) in [4.78, 5) is 14.2. The van der Waals surface area contributed by atoms with Gasteiger partial charge in [0.2, 0.25) is 12.5 Å². The third-order valence-electron chi connectivity index (χ3n) is 6.15. The molecule has 0 bridgehead atoms. The number of carbonyl (C=O) groups excluding carboxylic acids is 1. The fourth-order valence-corrected chi connectivity index (χ4v) is 4.53. The molecule has 0 fully saturated rings. The first-order valence-corrected chi connectivity index (χ1v) is 10.1. The van der Waals surface area contributed by atoms with Crippen LogP contribution >= 0.6 is 0 Å². The lowest BCUT2D eigenvalue weighted by molar-refractivity contribution is -0.914. The van der Waals surface area contributed by atoms with Gasteiger partial charge in [0.15, 0.2) is 17.3 Å². The number of fused-ring (bicyclic) bond motifs is 2. The molecule has 2 N–H and O–H groups in total. The number of nitrogens with one attached hydrogen (secondary N) is 1. The highest BCUT2D eigenvalue weighted by molar-refractivity contribution is 5.96. The Bertz CT molecular complexity index is 1040. The fourth-order valence-electron chi connectivity index (χ4n) is 4.53. The maximum absolute atomic E-state index is 12.9. The lowest BCUT2D eigenvalue weighted by Crippen LogP contribution is -3.10. The number of likely N-dealkylation sites (N-methyl/N-ethyl adjacent to an activating group) is 1. The number of ketones is 1. The van der Waals surface area contributed by atoms with Crippen LogP contribution in [0.25, 0.3) is 5.76 Å². The summed E-state index contributed by atoms with van der Waals surface area (Å²) in [6.45, 7) is 4.75. The molecule has 2 aliphatic rings. The van der Waals surface area contributed by atoms with E-state index in [0.29, 0.717) is 28.5 Å². The van der Waals surface area contributed by atoms with Gasteiger partial charge in [-0.15, -0.1) is 0 Å². The number of carbonyl (C=O) groups is 1. The zero-order chi connectivity index (χ0) is 21.6. The number of aliphatic hydroxyl groups is 1. The van der Waals surface area contributed by atoms with Gasteiger partial charge in [-0.3, -0.25) is 9.48 Å². The predicted molar refractivity (Wildman–Crippen MR) is 110 cm³/mol. The molecular formula is C22H28N3O5+. The van der Waals surface area contributed by atoms with Crippen molar-refractivity contribution in [2.24, 2.45) is 7.05 Å². The topological polar surface area (TPSA) is 87.2 Å². The molecule has 3 heterocycles. The molecule has 0 saturated carbocycles. The second-order valence-corrected chi connectivity index (χ2v) is 7.98. The number of benzene rings is 1. The Morgan fingerprint density at radius 3 is 2.87 bits per heavy atom. The Kier molecular flexibility index (Phi) is 5.19. The Morgan fingerprint density at radius 1 is 1.43 bits per heavy atom. The maximum atomic E-state index is 12.9. The highest BCUT2D eigenvalue weighted by Gasteiger charge is 2.37. The van der Waals surface area contributed by atoms with Gasteiger partial charge >= 0.3 is 0 Å². The molecule has 30 heavy (non-hydrogen) atoms. The van der Waals surface area contributed by atoms with Crippen molar-refractivity contribution in [2.75, 3.05) is 27.5 Å². The quantitative estimate of drug-likeness (QED) is 0.569. The summed E-state index contributed by atoms with van der Waals surface area (Å²) < 4.78 is 18.6. The van der Waals surface area contributed by atoms with Crippen molar-refractivity contribution >= 4 is 11.5 Å². The molecule has 2 aromatic rings. The predicted octanol–water partition coefficient (Wildman–Crippen LogP) is 1.44. The fraction of sp³-hybridized carbons (Fsp3) is 0.455. The minimum absolute atomic E-state index is 0.0468. The number of rotatable bonds is 5. The van der Waals surface area contributed by atoms with Crippen LogP contribution in [0.4, 0.5) is 0 Å². The second-order valence-electron chi connectivity index (χ2n) is 7.98. The van der Waals surface area contributed by atoms with Gasteiger partial charge < -0.3 is 24.2 Å². The van der Waals surface area contributed by atoms with Gasteiger partial charge in [-0.2, -0.15) is 5.10 Å². The minimum Gasteiger partial charge on any atom is -0.507 e. The Balaban J connectivity index is 1.66. The number of aliphatic hydroxyl groups excluding tert-OH is 1. The molecular weight excluding hydrogens is 386 g/mol. The van der Waals surface area contributed by atoms with E-state index in [9.17, 15) is 9.90 Å². The standard InChI is InChI=1S/C22H27N3O5/c1-12-19(13(2)25(4)23-12)17(27)10-15(26)9-16-20-14(6-7-24(16)3)8-18-21(22(20)28-5)30-11-29-18/h8,10,16,27H,6-7,9,11H2,1-5H3/p+1/b17-10-/t16-/m1/s1. The first-order valence-electron chi connectivity index (χ1n) is 10.1. The largest absolute Gasteiger partial charge is 0.507 e. The van der Waals surface area contributed by atoms with Gasteiger partial charge in [-0.25, -0.2) is 0 Å². The van der Waals surface area contributed by atoms with E-state index in [-0.39, 0.29) is 30.8 Å². The maximum Gasteiger partial charge on any atom is 0.231 e. The smallest absolute Gasteiger partial charge is 0.231 e. The molecule has 1 aromatic carbocycles. The summed E-state index contributed by atoms with van der Waals surface area (Å²) >= 11 is 0. The summed E-state index contributed by atoms with van der Waals surface area (Å²) in [5, 5.41) is 14.9. The van der Waals surface area contributed by atoms with Crippen LogP contribution in [0.15, 0.2) is 12.1 Å². The molecule has 0 saturated heterocycles. The van der Waals surface area contributed by atoms with E-state index in [1.165, 1.54) is 11.0 Å². The normalized spacial score (nSPS) is 20.2. The van der Waals surface area contributed by atoms with E-state index in [4.69, 9.17) is 14.2 Å². The monoisotopic (exact) mass is 414 g/mol. The summed E-state index contributed by atoms with van der Waals surface area (Å²) in [5.74, 6) is 1.74. The molecule has 0 spiro atoms. The van der Waals surface area contributed by atoms with Gasteiger partial charge in [0.25, 0.3) is 0 Å². The van der Waals surface area contributed by atoms with Gasteiger partial charge in [0.05, 0.1) is 43.9 Å². The van der Waals surface area contributed by atoms with E-state index in [0.717, 1.165) is 29.8 Å². The first kappa shape index (κ1) is 20.3. The van der Waals surface area contributed by atoms with Crippen LogP contribution in [0.5, 0.6) is 17.2 Å². The molecule has 160 valence electrons.